The summed E-state index contributed by atoms with van der Waals surface area (Å²) in [5, 5.41) is 7.82. The number of amides is 3. The predicted octanol–water partition coefficient (Wildman–Crippen LogP) is 5.52. The Balaban J connectivity index is 1.27. The molecule has 0 bridgehead atoms. The van der Waals surface area contributed by atoms with Crippen LogP contribution in [0.15, 0.2) is 78.9 Å². The van der Waals surface area contributed by atoms with Crippen molar-refractivity contribution in [2.24, 2.45) is 0 Å². The van der Waals surface area contributed by atoms with Gasteiger partial charge in [0.05, 0.1) is 0 Å². The van der Waals surface area contributed by atoms with E-state index in [9.17, 15) is 27.6 Å². The van der Waals surface area contributed by atoms with Crippen LogP contribution in [0.4, 0.5) is 13.2 Å². The maximum Gasteiger partial charge on any atom is 0.405 e. The number of halogens is 3. The molecule has 41 heavy (non-hydrogen) atoms. The molecule has 4 rings (SSSR count). The second-order valence-electron chi connectivity index (χ2n) is 10.2. The van der Waals surface area contributed by atoms with Gasteiger partial charge in [0, 0.05) is 25.1 Å². The Bertz CT molecular complexity index is 1310. The zero-order chi connectivity index (χ0) is 29.3. The van der Waals surface area contributed by atoms with Crippen molar-refractivity contribution in [3.8, 4) is 11.1 Å². The number of alkyl halides is 3. The topological polar surface area (TPSA) is 87.3 Å². The number of benzene rings is 3. The lowest BCUT2D eigenvalue weighted by atomic mass is 9.73. The fourth-order valence-corrected chi connectivity index (χ4v) is 5.43. The summed E-state index contributed by atoms with van der Waals surface area (Å²) in [5.41, 5.74) is 2.50. The van der Waals surface area contributed by atoms with Crippen molar-refractivity contribution in [1.29, 1.82) is 0 Å². The van der Waals surface area contributed by atoms with E-state index in [0.717, 1.165) is 11.1 Å². The third-order valence-corrected chi connectivity index (χ3v) is 7.35. The molecule has 0 spiro atoms. The van der Waals surface area contributed by atoms with Crippen LogP contribution in [-0.4, -0.2) is 43.5 Å². The van der Waals surface area contributed by atoms with Crippen LogP contribution in [0, 0.1) is 0 Å². The van der Waals surface area contributed by atoms with E-state index in [0.29, 0.717) is 61.9 Å². The largest absolute Gasteiger partial charge is 0.405 e. The van der Waals surface area contributed by atoms with Gasteiger partial charge in [-0.3, -0.25) is 14.4 Å². The molecular weight excluding hydrogens is 531 g/mol. The summed E-state index contributed by atoms with van der Waals surface area (Å²) in [7, 11) is 0. The van der Waals surface area contributed by atoms with E-state index in [2.05, 4.69) is 16.0 Å². The second kappa shape index (κ2) is 13.5. The molecule has 6 nitrogen and oxygen atoms in total. The van der Waals surface area contributed by atoms with Gasteiger partial charge in [-0.25, -0.2) is 0 Å². The Morgan fingerprint density at radius 1 is 0.659 bits per heavy atom. The molecule has 0 saturated heterocycles. The van der Waals surface area contributed by atoms with Gasteiger partial charge in [-0.2, -0.15) is 13.2 Å². The van der Waals surface area contributed by atoms with Gasteiger partial charge in [-0.15, -0.1) is 0 Å². The average Bonchev–Trinajstić information content (AvgIpc) is 3.26. The van der Waals surface area contributed by atoms with Crippen LogP contribution >= 0.6 is 0 Å². The molecule has 3 aromatic rings. The zero-order valence-electron chi connectivity index (χ0n) is 22.7. The highest BCUT2D eigenvalue weighted by Crippen LogP contribution is 2.51. The first-order valence-electron chi connectivity index (χ1n) is 13.9. The molecule has 216 valence electrons. The van der Waals surface area contributed by atoms with Crippen molar-refractivity contribution >= 4 is 17.7 Å². The third kappa shape index (κ3) is 7.34. The van der Waals surface area contributed by atoms with Crippen LogP contribution in [0.5, 0.6) is 0 Å². The molecule has 1 aliphatic rings. The van der Waals surface area contributed by atoms with E-state index in [1.54, 1.807) is 36.4 Å². The van der Waals surface area contributed by atoms with E-state index < -0.39 is 24.0 Å². The molecular formula is C32H34F3N3O3. The summed E-state index contributed by atoms with van der Waals surface area (Å²) < 4.78 is 39.0. The van der Waals surface area contributed by atoms with Crippen LogP contribution < -0.4 is 16.0 Å². The predicted molar refractivity (Wildman–Crippen MR) is 151 cm³/mol. The highest BCUT2D eigenvalue weighted by Gasteiger charge is 2.49. The van der Waals surface area contributed by atoms with Crippen LogP contribution in [0.3, 0.4) is 0 Å². The number of carbonyl (C=O) groups excluding carboxylic acids is 3. The van der Waals surface area contributed by atoms with Gasteiger partial charge in [0.25, 0.3) is 5.91 Å². The number of fused-ring (bicyclic) bond motifs is 3. The standard InChI is InChI=1S/C32H34F3N3O3/c33-32(34,35)22-38-30(41)31(26-16-7-5-14-24(26)25-15-6-8-17-27(25)31)19-9-2-10-20-36-28(39)18-11-21-37-29(40)23-12-3-1-4-13-23/h1,3-8,12-17H,2,9-11,18-22H2,(H,36,39)(H,37,40)(H,38,41). The molecule has 0 aliphatic heterocycles. The minimum absolute atomic E-state index is 0.111. The molecule has 0 unspecified atom stereocenters. The number of unbranched alkanes of at least 4 members (excludes halogenated alkanes) is 2. The summed E-state index contributed by atoms with van der Waals surface area (Å²) in [6, 6.07) is 23.6. The van der Waals surface area contributed by atoms with E-state index in [4.69, 9.17) is 0 Å². The van der Waals surface area contributed by atoms with Crippen LogP contribution in [-0.2, 0) is 15.0 Å². The smallest absolute Gasteiger partial charge is 0.356 e. The Morgan fingerprint density at radius 3 is 1.88 bits per heavy atom. The SMILES string of the molecule is O=C(CCCNC(=O)c1ccccc1)NCCCCCC1(C(=O)NCC(F)(F)F)c2ccccc2-c2ccccc21. The minimum Gasteiger partial charge on any atom is -0.356 e. The zero-order valence-corrected chi connectivity index (χ0v) is 22.7. The van der Waals surface area contributed by atoms with Crippen molar-refractivity contribution in [1.82, 2.24) is 16.0 Å². The first-order valence-corrected chi connectivity index (χ1v) is 13.9. The van der Waals surface area contributed by atoms with Crippen molar-refractivity contribution in [2.75, 3.05) is 19.6 Å². The van der Waals surface area contributed by atoms with Crippen LogP contribution in [0.25, 0.3) is 11.1 Å². The van der Waals surface area contributed by atoms with Gasteiger partial charge in [-0.05, 0) is 53.6 Å². The molecule has 3 N–H and O–H groups in total. The van der Waals surface area contributed by atoms with Gasteiger partial charge in [-0.1, -0.05) is 79.6 Å². The minimum atomic E-state index is -4.51. The second-order valence-corrected chi connectivity index (χ2v) is 10.2. The Labute approximate surface area is 237 Å². The van der Waals surface area contributed by atoms with Crippen molar-refractivity contribution < 1.29 is 27.6 Å². The summed E-state index contributed by atoms with van der Waals surface area (Å²) >= 11 is 0. The fourth-order valence-electron chi connectivity index (χ4n) is 5.43. The van der Waals surface area contributed by atoms with Crippen molar-refractivity contribution in [3.05, 3.63) is 95.6 Å². The number of hydrogen-bond donors (Lipinski definition) is 3. The van der Waals surface area contributed by atoms with Crippen LogP contribution in [0.2, 0.25) is 0 Å². The quantitative estimate of drug-likeness (QED) is 0.239. The third-order valence-electron chi connectivity index (χ3n) is 7.35. The molecule has 3 aromatic carbocycles. The molecule has 3 amide bonds. The van der Waals surface area contributed by atoms with Gasteiger partial charge in [0.2, 0.25) is 11.8 Å². The first kappa shape index (κ1) is 29.8. The van der Waals surface area contributed by atoms with Crippen molar-refractivity contribution in [2.45, 2.75) is 50.1 Å². The number of rotatable bonds is 13. The molecule has 1 aliphatic carbocycles. The lowest BCUT2D eigenvalue weighted by Gasteiger charge is -2.31. The highest BCUT2D eigenvalue weighted by atomic mass is 19.4. The normalized spacial score (nSPS) is 13.1. The maximum atomic E-state index is 13.5. The van der Waals surface area contributed by atoms with Gasteiger partial charge < -0.3 is 16.0 Å². The molecule has 9 heteroatoms. The molecule has 0 atom stereocenters. The fraction of sp³-hybridized carbons (Fsp3) is 0.344. The number of hydrogen-bond acceptors (Lipinski definition) is 3. The average molecular weight is 566 g/mol. The molecule has 0 saturated carbocycles. The molecule has 0 fully saturated rings. The summed E-state index contributed by atoms with van der Waals surface area (Å²) in [4.78, 5) is 37.8. The van der Waals surface area contributed by atoms with E-state index in [1.807, 2.05) is 42.5 Å². The summed E-state index contributed by atoms with van der Waals surface area (Å²) in [6.45, 7) is -0.544. The van der Waals surface area contributed by atoms with E-state index in [-0.39, 0.29) is 18.2 Å². The molecule has 0 heterocycles. The highest BCUT2D eigenvalue weighted by molar-refractivity contribution is 6.00. The summed E-state index contributed by atoms with van der Waals surface area (Å²) in [6.07, 6.45) is -1.43. The first-order chi connectivity index (χ1) is 19.7. The Hall–Kier alpha value is -4.14. The van der Waals surface area contributed by atoms with E-state index >= 15 is 0 Å². The molecule has 0 radical (unpaired) electrons. The van der Waals surface area contributed by atoms with Gasteiger partial charge >= 0.3 is 6.18 Å². The van der Waals surface area contributed by atoms with Gasteiger partial charge in [0.15, 0.2) is 0 Å². The van der Waals surface area contributed by atoms with E-state index in [1.165, 1.54) is 0 Å². The summed E-state index contributed by atoms with van der Waals surface area (Å²) in [5.74, 6) is -0.941. The van der Waals surface area contributed by atoms with Gasteiger partial charge in [0.1, 0.15) is 12.0 Å². The monoisotopic (exact) mass is 565 g/mol. The number of carbonyl (C=O) groups is 3. The molecule has 0 aromatic heterocycles. The van der Waals surface area contributed by atoms with Crippen molar-refractivity contribution in [3.63, 3.8) is 0 Å². The maximum absolute atomic E-state index is 13.5. The Kier molecular flexibility index (Phi) is 9.81. The Morgan fingerprint density at radius 2 is 1.24 bits per heavy atom. The number of nitrogens with one attached hydrogen (secondary N) is 3. The lowest BCUT2D eigenvalue weighted by molar-refractivity contribution is -0.141. The lowest BCUT2D eigenvalue weighted by Crippen LogP contribution is -2.47. The van der Waals surface area contributed by atoms with Crippen LogP contribution in [0.1, 0.15) is 60.0 Å².